The van der Waals surface area contributed by atoms with Crippen molar-refractivity contribution in [1.82, 2.24) is 14.7 Å². The molecular weight excluding hydrogens is 354 g/mol. The summed E-state index contributed by atoms with van der Waals surface area (Å²) in [5.41, 5.74) is 2.70. The Morgan fingerprint density at radius 1 is 1.21 bits per heavy atom. The van der Waals surface area contributed by atoms with Gasteiger partial charge in [-0.05, 0) is 36.2 Å². The molecule has 0 unspecified atom stereocenters. The molecule has 0 saturated heterocycles. The molecule has 2 heterocycles. The molecule has 0 saturated carbocycles. The predicted molar refractivity (Wildman–Crippen MR) is 106 cm³/mol. The standard InChI is InChI=1S/C22H23N3O3/c1-27-20-9-3-8-19-16-24(11-5-13-28-21(19)20)22(26)18-7-2-6-17(14-18)15-25-12-4-10-23-25/h2-4,6-10,12,14H,5,11,13,15-16H2,1H3. The summed E-state index contributed by atoms with van der Waals surface area (Å²) in [6, 6.07) is 15.4. The molecular formula is C22H23N3O3. The average Bonchev–Trinajstić information content (AvgIpc) is 3.21. The van der Waals surface area contributed by atoms with Crippen LogP contribution >= 0.6 is 0 Å². The number of nitrogens with zero attached hydrogens (tertiary/aromatic N) is 3. The zero-order valence-corrected chi connectivity index (χ0v) is 15.9. The van der Waals surface area contributed by atoms with Gasteiger partial charge in [0.1, 0.15) is 0 Å². The van der Waals surface area contributed by atoms with Gasteiger partial charge in [0.25, 0.3) is 5.91 Å². The van der Waals surface area contributed by atoms with Crippen molar-refractivity contribution in [3.63, 3.8) is 0 Å². The lowest BCUT2D eigenvalue weighted by Crippen LogP contribution is -2.33. The maximum absolute atomic E-state index is 13.2. The second-order valence-electron chi connectivity index (χ2n) is 6.78. The van der Waals surface area contributed by atoms with Gasteiger partial charge in [0, 0.05) is 36.6 Å². The number of hydrogen-bond donors (Lipinski definition) is 0. The first-order valence-electron chi connectivity index (χ1n) is 9.39. The van der Waals surface area contributed by atoms with Crippen molar-refractivity contribution in [2.24, 2.45) is 0 Å². The second kappa shape index (κ2) is 8.17. The zero-order valence-electron chi connectivity index (χ0n) is 15.9. The molecule has 2 aromatic carbocycles. The Bertz CT molecular complexity index is 953. The van der Waals surface area contributed by atoms with Gasteiger partial charge in [-0.25, -0.2) is 0 Å². The summed E-state index contributed by atoms with van der Waals surface area (Å²) < 4.78 is 13.2. The molecule has 0 N–H and O–H groups in total. The van der Waals surface area contributed by atoms with Gasteiger partial charge in [-0.3, -0.25) is 9.48 Å². The molecule has 3 aromatic rings. The highest BCUT2D eigenvalue weighted by Gasteiger charge is 2.22. The summed E-state index contributed by atoms with van der Waals surface area (Å²) in [4.78, 5) is 15.1. The van der Waals surface area contributed by atoms with Gasteiger partial charge < -0.3 is 14.4 Å². The van der Waals surface area contributed by atoms with Crippen molar-refractivity contribution >= 4 is 5.91 Å². The van der Waals surface area contributed by atoms with Crippen LogP contribution in [-0.2, 0) is 13.1 Å². The van der Waals surface area contributed by atoms with Crippen LogP contribution in [0.25, 0.3) is 0 Å². The van der Waals surface area contributed by atoms with Crippen LogP contribution in [0, 0.1) is 0 Å². The Balaban J connectivity index is 1.57. The van der Waals surface area contributed by atoms with Crippen molar-refractivity contribution in [2.75, 3.05) is 20.3 Å². The van der Waals surface area contributed by atoms with Gasteiger partial charge in [0.15, 0.2) is 11.5 Å². The van der Waals surface area contributed by atoms with Gasteiger partial charge >= 0.3 is 0 Å². The van der Waals surface area contributed by atoms with E-state index in [1.54, 1.807) is 13.3 Å². The first-order chi connectivity index (χ1) is 13.7. The summed E-state index contributed by atoms with van der Waals surface area (Å²) >= 11 is 0. The summed E-state index contributed by atoms with van der Waals surface area (Å²) in [5.74, 6) is 1.46. The van der Waals surface area contributed by atoms with Crippen LogP contribution in [-0.4, -0.2) is 40.8 Å². The van der Waals surface area contributed by atoms with E-state index in [9.17, 15) is 4.79 Å². The van der Waals surface area contributed by atoms with Gasteiger partial charge in [-0.1, -0.05) is 24.3 Å². The fourth-order valence-corrected chi connectivity index (χ4v) is 3.46. The number of aromatic nitrogens is 2. The molecule has 1 aromatic heterocycles. The molecule has 28 heavy (non-hydrogen) atoms. The Kier molecular flexibility index (Phi) is 5.28. The lowest BCUT2D eigenvalue weighted by atomic mass is 10.1. The maximum atomic E-state index is 13.2. The molecule has 1 amide bonds. The van der Waals surface area contributed by atoms with Crippen LogP contribution in [0.15, 0.2) is 60.9 Å². The molecule has 0 fully saturated rings. The van der Waals surface area contributed by atoms with Crippen molar-refractivity contribution in [3.05, 3.63) is 77.6 Å². The number of benzene rings is 2. The SMILES string of the molecule is COc1cccc2c1OCCCN(C(=O)c1cccc(Cn3cccn3)c1)C2. The Hall–Kier alpha value is -3.28. The molecule has 144 valence electrons. The van der Waals surface area contributed by atoms with E-state index in [0.717, 1.165) is 23.3 Å². The molecule has 1 aliphatic rings. The van der Waals surface area contributed by atoms with E-state index in [-0.39, 0.29) is 5.91 Å². The number of carbonyl (C=O) groups excluding carboxylic acids is 1. The molecule has 6 heteroatoms. The number of fused-ring (bicyclic) bond motifs is 1. The van der Waals surface area contributed by atoms with Crippen LogP contribution in [0.4, 0.5) is 0 Å². The number of hydrogen-bond acceptors (Lipinski definition) is 4. The van der Waals surface area contributed by atoms with Crippen molar-refractivity contribution in [1.29, 1.82) is 0 Å². The third-order valence-corrected chi connectivity index (χ3v) is 4.83. The highest BCUT2D eigenvalue weighted by atomic mass is 16.5. The summed E-state index contributed by atoms with van der Waals surface area (Å²) in [5, 5.41) is 4.24. The molecule has 6 nitrogen and oxygen atoms in total. The molecule has 0 radical (unpaired) electrons. The number of para-hydroxylation sites is 1. The maximum Gasteiger partial charge on any atom is 0.254 e. The van der Waals surface area contributed by atoms with Gasteiger partial charge in [-0.15, -0.1) is 0 Å². The topological polar surface area (TPSA) is 56.6 Å². The van der Waals surface area contributed by atoms with E-state index < -0.39 is 0 Å². The van der Waals surface area contributed by atoms with Crippen LogP contribution in [0.1, 0.15) is 27.9 Å². The fraction of sp³-hybridized carbons (Fsp3) is 0.273. The van der Waals surface area contributed by atoms with E-state index in [1.807, 2.05) is 64.3 Å². The molecule has 4 rings (SSSR count). The lowest BCUT2D eigenvalue weighted by Gasteiger charge is -2.27. The van der Waals surface area contributed by atoms with E-state index in [4.69, 9.17) is 9.47 Å². The van der Waals surface area contributed by atoms with E-state index in [2.05, 4.69) is 5.10 Å². The normalized spacial score (nSPS) is 13.8. The average molecular weight is 377 g/mol. The number of ether oxygens (including phenoxy) is 2. The van der Waals surface area contributed by atoms with Crippen LogP contribution < -0.4 is 9.47 Å². The van der Waals surface area contributed by atoms with Crippen molar-refractivity contribution in [2.45, 2.75) is 19.5 Å². The fourth-order valence-electron chi connectivity index (χ4n) is 3.46. The quantitative estimate of drug-likeness (QED) is 0.700. The number of methoxy groups -OCH3 is 1. The number of carbonyl (C=O) groups is 1. The van der Waals surface area contributed by atoms with E-state index in [1.165, 1.54) is 0 Å². The van der Waals surface area contributed by atoms with Gasteiger partial charge in [-0.2, -0.15) is 5.10 Å². The summed E-state index contributed by atoms with van der Waals surface area (Å²) in [6.07, 6.45) is 4.44. The predicted octanol–water partition coefficient (Wildman–Crippen LogP) is 3.36. The minimum absolute atomic E-state index is 0.0259. The van der Waals surface area contributed by atoms with E-state index in [0.29, 0.717) is 37.6 Å². The number of rotatable bonds is 4. The van der Waals surface area contributed by atoms with Gasteiger partial charge in [0.05, 0.1) is 20.3 Å². The van der Waals surface area contributed by atoms with Crippen molar-refractivity contribution < 1.29 is 14.3 Å². The Labute approximate surface area is 164 Å². The van der Waals surface area contributed by atoms with Gasteiger partial charge in [0.2, 0.25) is 0 Å². The molecule has 0 spiro atoms. The third kappa shape index (κ3) is 3.86. The Morgan fingerprint density at radius 3 is 2.93 bits per heavy atom. The highest BCUT2D eigenvalue weighted by molar-refractivity contribution is 5.94. The minimum atomic E-state index is 0.0259. The third-order valence-electron chi connectivity index (χ3n) is 4.83. The van der Waals surface area contributed by atoms with Crippen molar-refractivity contribution in [3.8, 4) is 11.5 Å². The second-order valence-corrected chi connectivity index (χ2v) is 6.78. The van der Waals surface area contributed by atoms with Crippen LogP contribution in [0.5, 0.6) is 11.5 Å². The first-order valence-corrected chi connectivity index (χ1v) is 9.39. The highest BCUT2D eigenvalue weighted by Crippen LogP contribution is 2.33. The molecule has 0 bridgehead atoms. The summed E-state index contributed by atoms with van der Waals surface area (Å²) in [6.45, 7) is 2.34. The monoisotopic (exact) mass is 377 g/mol. The lowest BCUT2D eigenvalue weighted by molar-refractivity contribution is 0.0721. The smallest absolute Gasteiger partial charge is 0.254 e. The van der Waals surface area contributed by atoms with E-state index >= 15 is 0 Å². The van der Waals surface area contributed by atoms with Crippen LogP contribution in [0.3, 0.4) is 0 Å². The molecule has 0 aliphatic carbocycles. The molecule has 0 atom stereocenters. The first kappa shape index (κ1) is 18.1. The minimum Gasteiger partial charge on any atom is -0.493 e. The Morgan fingerprint density at radius 2 is 2.11 bits per heavy atom. The zero-order chi connectivity index (χ0) is 19.3. The van der Waals surface area contributed by atoms with Crippen LogP contribution in [0.2, 0.25) is 0 Å². The number of amides is 1. The molecule has 1 aliphatic heterocycles. The summed E-state index contributed by atoms with van der Waals surface area (Å²) in [7, 11) is 1.63. The largest absolute Gasteiger partial charge is 0.493 e.